The summed E-state index contributed by atoms with van der Waals surface area (Å²) in [5, 5.41) is 15.9. The van der Waals surface area contributed by atoms with Gasteiger partial charge in [-0.3, -0.25) is 4.79 Å². The summed E-state index contributed by atoms with van der Waals surface area (Å²) >= 11 is 0. The van der Waals surface area contributed by atoms with Crippen molar-refractivity contribution in [3.8, 4) is 0 Å². The fourth-order valence-electron chi connectivity index (χ4n) is 2.31. The Morgan fingerprint density at radius 2 is 2.06 bits per heavy atom. The van der Waals surface area contributed by atoms with E-state index in [0.717, 1.165) is 25.8 Å². The lowest BCUT2D eigenvalue weighted by Crippen LogP contribution is -2.36. The van der Waals surface area contributed by atoms with Crippen molar-refractivity contribution in [3.63, 3.8) is 0 Å². The van der Waals surface area contributed by atoms with Gasteiger partial charge in [0.15, 0.2) is 0 Å². The number of carbonyl (C=O) groups is 1. The highest BCUT2D eigenvalue weighted by Gasteiger charge is 2.22. The van der Waals surface area contributed by atoms with E-state index in [0.29, 0.717) is 18.9 Å². The fraction of sp³-hybridized carbons (Fsp3) is 0.923. The summed E-state index contributed by atoms with van der Waals surface area (Å²) in [5.74, 6) is 0.466. The molecule has 3 N–H and O–H groups in total. The van der Waals surface area contributed by atoms with Crippen LogP contribution in [0.1, 0.15) is 46.0 Å². The number of hydrogen-bond donors (Lipinski definition) is 3. The van der Waals surface area contributed by atoms with E-state index in [2.05, 4.69) is 10.6 Å². The number of aliphatic hydroxyl groups excluding tert-OH is 1. The van der Waals surface area contributed by atoms with Crippen molar-refractivity contribution in [1.82, 2.24) is 10.6 Å². The number of amides is 1. The van der Waals surface area contributed by atoms with Gasteiger partial charge in [0.25, 0.3) is 0 Å². The molecule has 0 bridgehead atoms. The van der Waals surface area contributed by atoms with Crippen LogP contribution in [0.25, 0.3) is 0 Å². The van der Waals surface area contributed by atoms with Gasteiger partial charge in [-0.2, -0.15) is 0 Å². The van der Waals surface area contributed by atoms with Crippen molar-refractivity contribution in [2.24, 2.45) is 5.92 Å². The van der Waals surface area contributed by atoms with Crippen molar-refractivity contribution in [2.45, 2.75) is 58.1 Å². The second kappa shape index (κ2) is 7.67. The Labute approximate surface area is 104 Å². The van der Waals surface area contributed by atoms with Crippen LogP contribution >= 0.6 is 0 Å². The molecular weight excluding hydrogens is 216 g/mol. The molecule has 2 atom stereocenters. The van der Waals surface area contributed by atoms with Crippen molar-refractivity contribution in [2.75, 3.05) is 13.1 Å². The van der Waals surface area contributed by atoms with Crippen LogP contribution in [0.5, 0.6) is 0 Å². The van der Waals surface area contributed by atoms with Gasteiger partial charge < -0.3 is 15.7 Å². The molecular formula is C13H26N2O2. The van der Waals surface area contributed by atoms with Crippen molar-refractivity contribution in [3.05, 3.63) is 0 Å². The minimum absolute atomic E-state index is 0.0942. The van der Waals surface area contributed by atoms with Gasteiger partial charge in [0.2, 0.25) is 5.91 Å². The Hall–Kier alpha value is -0.610. The molecule has 1 amide bonds. The lowest BCUT2D eigenvalue weighted by atomic mass is 9.86. The average molecular weight is 242 g/mol. The molecule has 17 heavy (non-hydrogen) atoms. The first kappa shape index (κ1) is 14.5. The van der Waals surface area contributed by atoms with Gasteiger partial charge in [0.1, 0.15) is 0 Å². The van der Waals surface area contributed by atoms with Crippen LogP contribution in [0.4, 0.5) is 0 Å². The first-order valence-corrected chi connectivity index (χ1v) is 6.77. The summed E-state index contributed by atoms with van der Waals surface area (Å²) in [6.07, 6.45) is 4.76. The standard InChI is InChI=1S/C13H26N2O2/c1-10(2)15-13(17)7-8-14-9-11-5-3-4-6-12(11)16/h10-12,14,16H,3-9H2,1-2H3,(H,15,17). The van der Waals surface area contributed by atoms with Crippen LogP contribution in [0.2, 0.25) is 0 Å². The quantitative estimate of drug-likeness (QED) is 0.610. The maximum Gasteiger partial charge on any atom is 0.221 e. The summed E-state index contributed by atoms with van der Waals surface area (Å²) in [6, 6.07) is 0.211. The van der Waals surface area contributed by atoms with Crippen LogP contribution in [0, 0.1) is 5.92 Å². The molecule has 1 rings (SSSR count). The normalized spacial score (nSPS) is 24.9. The predicted octanol–water partition coefficient (Wildman–Crippen LogP) is 1.04. The van der Waals surface area contributed by atoms with E-state index in [1.807, 2.05) is 13.8 Å². The number of nitrogens with one attached hydrogen (secondary N) is 2. The van der Waals surface area contributed by atoms with Gasteiger partial charge in [-0.25, -0.2) is 0 Å². The van der Waals surface area contributed by atoms with Crippen LogP contribution in [0.15, 0.2) is 0 Å². The monoisotopic (exact) mass is 242 g/mol. The van der Waals surface area contributed by atoms with Gasteiger partial charge >= 0.3 is 0 Å². The van der Waals surface area contributed by atoms with Gasteiger partial charge in [-0.1, -0.05) is 12.8 Å². The van der Waals surface area contributed by atoms with Gasteiger partial charge in [-0.05, 0) is 32.6 Å². The second-order valence-corrected chi connectivity index (χ2v) is 5.29. The summed E-state index contributed by atoms with van der Waals surface area (Å²) in [6.45, 7) is 5.45. The van der Waals surface area contributed by atoms with Crippen LogP contribution in [0.3, 0.4) is 0 Å². The highest BCUT2D eigenvalue weighted by molar-refractivity contribution is 5.76. The van der Waals surface area contributed by atoms with Crippen molar-refractivity contribution >= 4 is 5.91 Å². The SMILES string of the molecule is CC(C)NC(=O)CCNCC1CCCCC1O. The molecule has 0 spiro atoms. The Morgan fingerprint density at radius 3 is 2.71 bits per heavy atom. The van der Waals surface area contributed by atoms with E-state index < -0.39 is 0 Å². The third-order valence-electron chi connectivity index (χ3n) is 3.25. The molecule has 1 saturated carbocycles. The highest BCUT2D eigenvalue weighted by Crippen LogP contribution is 2.23. The van der Waals surface area contributed by atoms with Gasteiger partial charge in [-0.15, -0.1) is 0 Å². The first-order chi connectivity index (χ1) is 8.09. The van der Waals surface area contributed by atoms with Gasteiger partial charge in [0.05, 0.1) is 6.10 Å². The fourth-order valence-corrected chi connectivity index (χ4v) is 2.31. The van der Waals surface area contributed by atoms with E-state index in [1.165, 1.54) is 6.42 Å². The Kier molecular flexibility index (Phi) is 6.52. The van der Waals surface area contributed by atoms with Crippen LogP contribution < -0.4 is 10.6 Å². The van der Waals surface area contributed by atoms with E-state index in [-0.39, 0.29) is 18.1 Å². The molecule has 0 heterocycles. The zero-order valence-electron chi connectivity index (χ0n) is 11.0. The van der Waals surface area contributed by atoms with Crippen molar-refractivity contribution in [1.29, 1.82) is 0 Å². The third kappa shape index (κ3) is 6.03. The molecule has 4 heteroatoms. The topological polar surface area (TPSA) is 61.4 Å². The smallest absolute Gasteiger partial charge is 0.221 e. The molecule has 1 aliphatic carbocycles. The average Bonchev–Trinajstić information content (AvgIpc) is 2.25. The Bertz CT molecular complexity index is 231. The molecule has 0 aromatic heterocycles. The molecule has 1 aliphatic rings. The molecule has 0 saturated heterocycles. The molecule has 0 aliphatic heterocycles. The third-order valence-corrected chi connectivity index (χ3v) is 3.25. The van der Waals surface area contributed by atoms with E-state index in [9.17, 15) is 9.90 Å². The summed E-state index contributed by atoms with van der Waals surface area (Å²) in [4.78, 5) is 11.4. The number of hydrogen-bond acceptors (Lipinski definition) is 3. The molecule has 1 fully saturated rings. The molecule has 0 radical (unpaired) electrons. The predicted molar refractivity (Wildman–Crippen MR) is 68.7 cm³/mol. The number of carbonyl (C=O) groups excluding carboxylic acids is 1. The summed E-state index contributed by atoms with van der Waals surface area (Å²) < 4.78 is 0. The maximum absolute atomic E-state index is 11.4. The lowest BCUT2D eigenvalue weighted by molar-refractivity contribution is -0.121. The molecule has 100 valence electrons. The van der Waals surface area contributed by atoms with E-state index in [4.69, 9.17) is 0 Å². The van der Waals surface area contributed by atoms with E-state index in [1.54, 1.807) is 0 Å². The molecule has 0 aromatic rings. The Balaban J connectivity index is 2.05. The summed E-state index contributed by atoms with van der Waals surface area (Å²) in [5.41, 5.74) is 0. The van der Waals surface area contributed by atoms with Crippen molar-refractivity contribution < 1.29 is 9.90 Å². The minimum atomic E-state index is -0.152. The largest absolute Gasteiger partial charge is 0.393 e. The maximum atomic E-state index is 11.4. The first-order valence-electron chi connectivity index (χ1n) is 6.77. The molecule has 0 aromatic carbocycles. The zero-order chi connectivity index (χ0) is 12.7. The van der Waals surface area contributed by atoms with Gasteiger partial charge in [0, 0.05) is 25.6 Å². The van der Waals surface area contributed by atoms with E-state index >= 15 is 0 Å². The van der Waals surface area contributed by atoms with Crippen LogP contribution in [-0.4, -0.2) is 36.2 Å². The Morgan fingerprint density at radius 1 is 1.35 bits per heavy atom. The number of aliphatic hydroxyl groups is 1. The van der Waals surface area contributed by atoms with Crippen LogP contribution in [-0.2, 0) is 4.79 Å². The highest BCUT2D eigenvalue weighted by atomic mass is 16.3. The molecule has 4 nitrogen and oxygen atoms in total. The minimum Gasteiger partial charge on any atom is -0.393 e. The zero-order valence-corrected chi connectivity index (χ0v) is 11.0. The lowest BCUT2D eigenvalue weighted by Gasteiger charge is -2.27. The summed E-state index contributed by atoms with van der Waals surface area (Å²) in [7, 11) is 0. The second-order valence-electron chi connectivity index (χ2n) is 5.29. The molecule has 2 unspecified atom stereocenters. The number of rotatable bonds is 6.